The summed E-state index contributed by atoms with van der Waals surface area (Å²) in [6, 6.07) is 36.4. The van der Waals surface area contributed by atoms with E-state index in [-0.39, 0.29) is 5.41 Å². The van der Waals surface area contributed by atoms with Crippen molar-refractivity contribution in [3.63, 3.8) is 0 Å². The molecule has 2 nitrogen and oxygen atoms in total. The van der Waals surface area contributed by atoms with E-state index in [0.29, 0.717) is 0 Å². The number of benzene rings is 4. The van der Waals surface area contributed by atoms with Gasteiger partial charge >= 0.3 is 0 Å². The number of rotatable bonds is 1. The van der Waals surface area contributed by atoms with Crippen molar-refractivity contribution in [1.82, 2.24) is 4.98 Å². The van der Waals surface area contributed by atoms with Gasteiger partial charge in [-0.3, -0.25) is 4.90 Å². The summed E-state index contributed by atoms with van der Waals surface area (Å²) < 4.78 is 0. The second-order valence-electron chi connectivity index (χ2n) is 11.1. The second kappa shape index (κ2) is 6.98. The van der Waals surface area contributed by atoms with Gasteiger partial charge in [-0.2, -0.15) is 0 Å². The van der Waals surface area contributed by atoms with E-state index in [1.54, 1.807) is 0 Å². The number of aryl methyl sites for hydroxylation is 1. The lowest BCUT2D eigenvalue weighted by atomic mass is 9.62. The van der Waals surface area contributed by atoms with Gasteiger partial charge in [0.25, 0.3) is 0 Å². The van der Waals surface area contributed by atoms with Crippen LogP contribution >= 0.6 is 0 Å². The van der Waals surface area contributed by atoms with E-state index < -0.39 is 5.41 Å². The van der Waals surface area contributed by atoms with E-state index in [9.17, 15) is 0 Å². The highest BCUT2D eigenvalue weighted by Crippen LogP contribution is 2.66. The average molecular weight is 477 g/mol. The summed E-state index contributed by atoms with van der Waals surface area (Å²) in [7, 11) is 0. The average Bonchev–Trinajstić information content (AvgIpc) is 3.23. The summed E-state index contributed by atoms with van der Waals surface area (Å²) in [5.41, 5.74) is 14.0. The Kier molecular flexibility index (Phi) is 3.96. The minimum Gasteiger partial charge on any atom is -0.294 e. The van der Waals surface area contributed by atoms with Gasteiger partial charge in [0.2, 0.25) is 0 Å². The smallest absolute Gasteiger partial charge is 0.142 e. The topological polar surface area (TPSA) is 16.1 Å². The maximum absolute atomic E-state index is 5.14. The van der Waals surface area contributed by atoms with Crippen LogP contribution in [0, 0.1) is 0 Å². The summed E-state index contributed by atoms with van der Waals surface area (Å²) in [5, 5.41) is 0. The van der Waals surface area contributed by atoms with Crippen LogP contribution in [0.1, 0.15) is 59.7 Å². The fourth-order valence-corrected chi connectivity index (χ4v) is 7.42. The number of pyridine rings is 1. The Morgan fingerprint density at radius 3 is 2.03 bits per heavy atom. The molecule has 1 aromatic heterocycles. The molecule has 178 valence electrons. The molecule has 0 atom stereocenters. The van der Waals surface area contributed by atoms with Gasteiger partial charge < -0.3 is 0 Å². The molecule has 0 bridgehead atoms. The largest absolute Gasteiger partial charge is 0.294 e. The Morgan fingerprint density at radius 2 is 1.30 bits per heavy atom. The van der Waals surface area contributed by atoms with Crippen molar-refractivity contribution in [2.45, 2.75) is 38.0 Å². The first-order chi connectivity index (χ1) is 18.1. The predicted octanol–water partition coefficient (Wildman–Crippen LogP) is 8.43. The van der Waals surface area contributed by atoms with Crippen LogP contribution in [0.5, 0.6) is 0 Å². The highest BCUT2D eigenvalue weighted by atomic mass is 15.2. The molecule has 1 aliphatic carbocycles. The minimum atomic E-state index is -0.408. The zero-order chi connectivity index (χ0) is 24.9. The maximum Gasteiger partial charge on any atom is 0.142 e. The number of aromatic nitrogens is 1. The molecule has 2 aliphatic heterocycles. The molecule has 0 radical (unpaired) electrons. The zero-order valence-electron chi connectivity index (χ0n) is 21.4. The molecule has 4 aromatic carbocycles. The van der Waals surface area contributed by atoms with Gasteiger partial charge in [-0.15, -0.1) is 0 Å². The fraction of sp³-hybridized carbons (Fsp3) is 0.171. The van der Waals surface area contributed by atoms with Gasteiger partial charge in [0.15, 0.2) is 0 Å². The normalized spacial score (nSPS) is 16.5. The molecule has 0 unspecified atom stereocenters. The van der Waals surface area contributed by atoms with E-state index in [0.717, 1.165) is 12.2 Å². The second-order valence-corrected chi connectivity index (χ2v) is 11.1. The van der Waals surface area contributed by atoms with Gasteiger partial charge in [0, 0.05) is 17.2 Å². The lowest BCUT2D eigenvalue weighted by Crippen LogP contribution is -2.41. The maximum atomic E-state index is 5.14. The molecule has 0 fully saturated rings. The molecule has 0 saturated heterocycles. The lowest BCUT2D eigenvalue weighted by Gasteiger charge is -2.50. The van der Waals surface area contributed by atoms with Crippen molar-refractivity contribution < 1.29 is 0 Å². The molecule has 0 N–H and O–H groups in total. The molecule has 37 heavy (non-hydrogen) atoms. The molecule has 1 spiro atoms. The van der Waals surface area contributed by atoms with Crippen LogP contribution in [-0.2, 0) is 17.3 Å². The Bertz CT molecular complexity index is 1710. The Morgan fingerprint density at radius 1 is 0.649 bits per heavy atom. The predicted molar refractivity (Wildman–Crippen MR) is 151 cm³/mol. The number of nitrogens with zero attached hydrogens (tertiary/aromatic N) is 2. The van der Waals surface area contributed by atoms with E-state index in [1.807, 2.05) is 6.20 Å². The number of hydrogen-bond donors (Lipinski definition) is 0. The highest BCUT2D eigenvalue weighted by molar-refractivity contribution is 5.98. The molecule has 5 aromatic rings. The summed E-state index contributed by atoms with van der Waals surface area (Å²) in [6.45, 7) is 6.99. The number of anilines is 3. The molecular formula is C35H28N2. The van der Waals surface area contributed by atoms with E-state index in [1.165, 1.54) is 61.4 Å². The quantitative estimate of drug-likeness (QED) is 0.236. The molecule has 2 heteroatoms. The Labute approximate surface area is 218 Å². The monoisotopic (exact) mass is 476 g/mol. The van der Waals surface area contributed by atoms with Crippen LogP contribution in [0.25, 0.3) is 11.1 Å². The minimum absolute atomic E-state index is 0.130. The molecule has 0 saturated carbocycles. The first kappa shape index (κ1) is 21.0. The third-order valence-electron chi connectivity index (χ3n) is 9.08. The van der Waals surface area contributed by atoms with Crippen molar-refractivity contribution in [2.75, 3.05) is 4.90 Å². The molecule has 3 heterocycles. The summed E-state index contributed by atoms with van der Waals surface area (Å²) in [4.78, 5) is 7.61. The van der Waals surface area contributed by atoms with Crippen molar-refractivity contribution in [2.24, 2.45) is 0 Å². The van der Waals surface area contributed by atoms with Crippen LogP contribution in [0.2, 0.25) is 0 Å². The van der Waals surface area contributed by atoms with Crippen molar-refractivity contribution >= 4 is 17.2 Å². The van der Waals surface area contributed by atoms with Crippen LogP contribution < -0.4 is 4.90 Å². The SMILES string of the molecule is CCc1ccc2c(c1)N1c3ncccc3C3(c4ccccc4-c4ccccc43)c3cccc(c31)C2(C)C. The molecule has 3 aliphatic rings. The summed E-state index contributed by atoms with van der Waals surface area (Å²) in [6.07, 6.45) is 2.96. The van der Waals surface area contributed by atoms with E-state index >= 15 is 0 Å². The zero-order valence-corrected chi connectivity index (χ0v) is 21.4. The summed E-state index contributed by atoms with van der Waals surface area (Å²) in [5.74, 6) is 1.04. The van der Waals surface area contributed by atoms with Crippen molar-refractivity contribution in [3.05, 3.63) is 142 Å². The fourth-order valence-electron chi connectivity index (χ4n) is 7.42. The van der Waals surface area contributed by atoms with Crippen LogP contribution in [0.15, 0.2) is 103 Å². The lowest BCUT2D eigenvalue weighted by molar-refractivity contribution is 0.619. The van der Waals surface area contributed by atoms with Crippen molar-refractivity contribution in [1.29, 1.82) is 0 Å². The number of para-hydroxylation sites is 1. The Balaban J connectivity index is 1.59. The first-order valence-electron chi connectivity index (χ1n) is 13.3. The van der Waals surface area contributed by atoms with Crippen LogP contribution in [0.3, 0.4) is 0 Å². The van der Waals surface area contributed by atoms with Gasteiger partial charge in [-0.05, 0) is 63.1 Å². The van der Waals surface area contributed by atoms with Gasteiger partial charge in [0.1, 0.15) is 5.82 Å². The third kappa shape index (κ3) is 2.35. The van der Waals surface area contributed by atoms with Crippen LogP contribution in [0.4, 0.5) is 17.2 Å². The standard InChI is InChI=1S/C35H28N2/c1-4-22-18-19-27-31(21-22)37-32-28(34(27,2)3)15-9-16-29(32)35(30-17-10-20-36-33(30)37)25-13-7-5-11-23(25)24-12-6-8-14-26(24)35/h5-21H,4H2,1-3H3. The Hall–Kier alpha value is -4.17. The van der Waals surface area contributed by atoms with E-state index in [2.05, 4.69) is 123 Å². The highest BCUT2D eigenvalue weighted by Gasteiger charge is 2.54. The van der Waals surface area contributed by atoms with Gasteiger partial charge in [-0.25, -0.2) is 4.98 Å². The number of fused-ring (bicyclic) bond motifs is 11. The van der Waals surface area contributed by atoms with Gasteiger partial charge in [0.05, 0.1) is 16.8 Å². The first-order valence-corrected chi connectivity index (χ1v) is 13.3. The van der Waals surface area contributed by atoms with Crippen molar-refractivity contribution in [3.8, 4) is 11.1 Å². The summed E-state index contributed by atoms with van der Waals surface area (Å²) >= 11 is 0. The van der Waals surface area contributed by atoms with Gasteiger partial charge in [-0.1, -0.05) is 106 Å². The van der Waals surface area contributed by atoms with Crippen LogP contribution in [-0.4, -0.2) is 4.98 Å². The van der Waals surface area contributed by atoms with E-state index in [4.69, 9.17) is 4.98 Å². The molecule has 8 rings (SSSR count). The molecule has 0 amide bonds. The number of hydrogen-bond acceptors (Lipinski definition) is 2. The molecular weight excluding hydrogens is 448 g/mol. The third-order valence-corrected chi connectivity index (χ3v) is 9.08.